The largest absolute Gasteiger partial charge is 2.00 e. The average molecular weight is 1500 g/mol. The molecule has 26 atom stereocenters. The summed E-state index contributed by atoms with van der Waals surface area (Å²) in [7, 11) is 1.93. The number of hydrogen-bond acceptors (Lipinski definition) is 12. The van der Waals surface area contributed by atoms with E-state index in [-0.39, 0.29) is 218 Å². The molecule has 90 heavy (non-hydrogen) atoms. The molecular weight excluding hydrogens is 1380 g/mol. The molecule has 0 spiro atoms. The minimum Gasteiger partial charge on any atom is -1.00 e. The number of aliphatic hydroxyl groups is 1. The first-order valence-corrected chi connectivity index (χ1v) is 36.6. The molecule has 3 saturated heterocycles. The van der Waals surface area contributed by atoms with Crippen molar-refractivity contribution in [3.8, 4) is 0 Å². The van der Waals surface area contributed by atoms with Gasteiger partial charge in [0.25, 0.3) is 6.47 Å². The van der Waals surface area contributed by atoms with Gasteiger partial charge >= 0.3 is 126 Å². The first-order valence-electron chi connectivity index (χ1n) is 34.4. The van der Waals surface area contributed by atoms with Crippen molar-refractivity contribution in [1.29, 1.82) is 0 Å². The zero-order valence-corrected chi connectivity index (χ0v) is 70.7. The zero-order valence-electron chi connectivity index (χ0n) is 60.3. The average Bonchev–Trinajstić information content (AvgIpc) is 1.53. The van der Waals surface area contributed by atoms with Gasteiger partial charge in [0, 0.05) is 18.9 Å². The third kappa shape index (κ3) is 13.8. The van der Waals surface area contributed by atoms with E-state index in [0.717, 1.165) is 43.9 Å². The molecule has 3 heterocycles. The van der Waals surface area contributed by atoms with Crippen LogP contribution >= 0.6 is 22.6 Å². The summed E-state index contributed by atoms with van der Waals surface area (Å²) in [6.07, 6.45) is 31.5. The molecule has 12 saturated carbocycles. The van der Waals surface area contributed by atoms with Crippen molar-refractivity contribution in [3.05, 3.63) is 7.43 Å². The number of carbonyl (C=O) groups is 2. The molecule has 17 heteroatoms. The monoisotopic (exact) mass is 1500 g/mol. The number of carbonyl (C=O) groups excluding carboxylic acids is 2. The van der Waals surface area contributed by atoms with Crippen LogP contribution in [0.4, 0.5) is 0 Å². The summed E-state index contributed by atoms with van der Waals surface area (Å²) in [6.45, 7) is 31.8. The molecule has 0 radical (unpaired) electrons. The maximum absolute atomic E-state index is 12.7. The quantitative estimate of drug-likeness (QED) is 0.0610. The van der Waals surface area contributed by atoms with E-state index in [1.54, 1.807) is 0 Å². The molecule has 1 N–H and O–H groups in total. The summed E-state index contributed by atoms with van der Waals surface area (Å²) in [5.41, 5.74) is 0.883. The van der Waals surface area contributed by atoms with Crippen molar-refractivity contribution in [2.45, 2.75) is 324 Å². The fourth-order valence-electron chi connectivity index (χ4n) is 25.3. The van der Waals surface area contributed by atoms with E-state index >= 15 is 0 Å². The van der Waals surface area contributed by atoms with E-state index in [0.29, 0.717) is 87.3 Å². The van der Waals surface area contributed by atoms with Crippen LogP contribution in [0.25, 0.3) is 0 Å². The van der Waals surface area contributed by atoms with E-state index in [1.165, 1.54) is 122 Å². The number of alkyl halides is 1. The van der Waals surface area contributed by atoms with Crippen LogP contribution in [0.3, 0.4) is 0 Å². The van der Waals surface area contributed by atoms with Crippen molar-refractivity contribution < 1.29 is 179 Å². The van der Waals surface area contributed by atoms with Crippen LogP contribution in [0, 0.1) is 111 Å². The van der Waals surface area contributed by atoms with Gasteiger partial charge < -0.3 is 74.2 Å². The number of fused-ring (bicyclic) bond motifs is 24. The van der Waals surface area contributed by atoms with Crippen molar-refractivity contribution >= 4 is 57.9 Å². The number of rotatable bonds is 2. The van der Waals surface area contributed by atoms with Gasteiger partial charge in [0.05, 0.1) is 47.8 Å². The number of ether oxygens (including phenoxy) is 7. The van der Waals surface area contributed by atoms with Crippen LogP contribution in [0.15, 0.2) is 0 Å². The Balaban J connectivity index is 0.000000269. The smallest absolute Gasteiger partial charge is 1.00 e. The molecule has 15 aliphatic rings. The molecule has 3 aliphatic heterocycles. The second kappa shape index (κ2) is 30.8. The molecule has 15 rings (SSSR count). The van der Waals surface area contributed by atoms with Crippen molar-refractivity contribution in [2.24, 2.45) is 104 Å². The molecule has 0 amide bonds. The van der Waals surface area contributed by atoms with Crippen molar-refractivity contribution in [2.75, 3.05) is 12.0 Å². The minimum atomic E-state index is -0.530. The zero-order chi connectivity index (χ0) is 60.8. The Morgan fingerprint density at radius 3 is 1.18 bits per heavy atom. The number of halogens is 2. The summed E-state index contributed by atoms with van der Waals surface area (Å²) in [5.74, 6) is 6.81. The summed E-state index contributed by atoms with van der Waals surface area (Å²) >= 11 is 2.15. The van der Waals surface area contributed by atoms with Crippen LogP contribution in [0.2, 0.25) is 0 Å². The molecule has 506 valence electrons. The summed E-state index contributed by atoms with van der Waals surface area (Å²) < 4.78 is 45.8. The van der Waals surface area contributed by atoms with E-state index in [4.69, 9.17) is 43.2 Å². The van der Waals surface area contributed by atoms with Crippen LogP contribution < -0.4 is 125 Å². The predicted molar refractivity (Wildman–Crippen MR) is 351 cm³/mol. The Labute approximate surface area is 674 Å². The molecule has 12 unspecified atom stereocenters. The Bertz CT molecular complexity index is 2430. The number of hydrogen-bond donors (Lipinski definition) is 1. The second-order valence-electron chi connectivity index (χ2n) is 33.9. The number of ketones is 1. The van der Waals surface area contributed by atoms with Gasteiger partial charge in [-0.25, -0.2) is 0 Å². The maximum Gasteiger partial charge on any atom is 2.00 e. The van der Waals surface area contributed by atoms with Crippen LogP contribution in [0.5, 0.6) is 0 Å². The fourth-order valence-corrected chi connectivity index (χ4v) is 25.3. The van der Waals surface area contributed by atoms with Gasteiger partial charge in [-0.15, -0.1) is 0 Å². The molecule has 12 nitrogen and oxygen atoms in total. The first kappa shape index (κ1) is 84.7. The summed E-state index contributed by atoms with van der Waals surface area (Å²) in [6, 6.07) is 0. The number of Topliss-reactive ketones (excluding diaryl/α,β-unsaturated/α-hetero) is 1. The van der Waals surface area contributed by atoms with Gasteiger partial charge in [-0.05, 0) is 268 Å². The normalized spacial score (nSPS) is 51.3. The Hall–Kier alpha value is 4.03. The summed E-state index contributed by atoms with van der Waals surface area (Å²) in [5, 5.41) is 19.6. The first-order chi connectivity index (χ1) is 39.4. The van der Waals surface area contributed by atoms with Gasteiger partial charge in [0.15, 0.2) is 17.4 Å². The molecule has 0 aromatic heterocycles. The molecule has 0 aromatic rings. The molecular formula is C73H124BrIK2MgO12. The summed E-state index contributed by atoms with van der Waals surface area (Å²) in [4.78, 5) is 25.9. The SMILES string of the molecule is C.CC1(C)O[C@@H]2C3C(CC[C@@]4(C)C3CC[C@]4(C)O)[C@@]3(C)CCCCC3[C@H]2O1.CC1(C)O[C@@H]2C3C(CC[C@]4(C)C(=O)CCC34)[C@@]3(C)CCCCC3[C@H]2O1.CI.CO[C@@]1(C)CCC2C3C(CC[C@@]21C)[C@@]1(C)CCCCC1[C@H]1OC(C)(C)O[C@H]31.O=CO[O-].[Br-].[CH3-].[H-].[K+].[K+].[Mg+2]. The third-order valence-electron chi connectivity index (χ3n) is 29.6. The van der Waals surface area contributed by atoms with E-state index < -0.39 is 23.0 Å². The van der Waals surface area contributed by atoms with Gasteiger partial charge in [-0.2, -0.15) is 0 Å². The minimum absolute atomic E-state index is 0. The van der Waals surface area contributed by atoms with E-state index in [1.807, 2.05) is 12.0 Å². The van der Waals surface area contributed by atoms with Gasteiger partial charge in [0.2, 0.25) is 0 Å². The van der Waals surface area contributed by atoms with Gasteiger partial charge in [-0.1, -0.05) is 110 Å². The Morgan fingerprint density at radius 1 is 0.478 bits per heavy atom. The van der Waals surface area contributed by atoms with E-state index in [2.05, 4.69) is 124 Å². The van der Waals surface area contributed by atoms with E-state index in [9.17, 15) is 9.90 Å². The fraction of sp³-hybridized carbons (Fsp3) is 0.959. The third-order valence-corrected chi connectivity index (χ3v) is 29.6. The van der Waals surface area contributed by atoms with Gasteiger partial charge in [-0.3, -0.25) is 9.59 Å². The predicted octanol–water partition coefficient (Wildman–Crippen LogP) is 6.52. The van der Waals surface area contributed by atoms with Crippen molar-refractivity contribution in [1.82, 2.24) is 0 Å². The topological polar surface area (TPSA) is 151 Å². The van der Waals surface area contributed by atoms with Crippen molar-refractivity contribution in [3.63, 3.8) is 0 Å². The van der Waals surface area contributed by atoms with Crippen LogP contribution in [-0.4, -0.2) is 118 Å². The van der Waals surface area contributed by atoms with Crippen LogP contribution in [0.1, 0.15) is 260 Å². The molecule has 12 aliphatic carbocycles. The standard InChI is InChI=1S/C24H40O3.C23H38O3.C22H34O3.CH3I.CH2O3.CH4.CH3.BrH.2K.Mg.H/c1-21(2)26-19-17-9-7-8-12-22(17,3)15-10-13-23(4)16(18(15)20(19)27-21)11-14-24(23,5)25-6;1-20(2)25-18-16-8-6-7-11-21(16,3)14-9-12-22(4)15(10-13-23(22,5)24)17(14)19(18)26-20;1-20(2)24-18-15-7-5-6-11-21(15,3)14-10-12-22(4)13(8-9-16(22)23)17(14)19(18)25-20;1-2;2-1-4-3;;;;;;;/h15-20H,7-14H2,1-6H3;14-19,24H,6-13H2,1-5H3;13-15,17-19H,5-12H2,1-4H3;1H3;1,3H;1H4;1H3;1H;;;;/q;;;;;;-1;;2*+1;+2;-1/p-2/t15?,16?,17?,18?,19-,20-,22-,23+,24+;14?,15?,16?,17?,18-,19-,21-,22+,23+;13?,14?,15?,17?,18-,19-,21-,22+;;;;;;;;;/m111........./s1. The number of methoxy groups -OCH3 is 1. The Morgan fingerprint density at radius 2 is 0.800 bits per heavy atom. The molecule has 0 bridgehead atoms. The maximum atomic E-state index is 12.7. The van der Waals surface area contributed by atoms with Crippen LogP contribution in [-0.2, 0) is 47.6 Å². The molecule has 0 aromatic carbocycles. The second-order valence-corrected chi connectivity index (χ2v) is 33.9. The van der Waals surface area contributed by atoms with Gasteiger partial charge in [0.1, 0.15) is 5.78 Å². The molecule has 15 fully saturated rings. The Kier molecular flexibility index (Phi) is 28.9.